The molecular weight excluding hydrogens is 412 g/mol. The molecule has 2 atom stereocenters. The van der Waals surface area contributed by atoms with Crippen molar-refractivity contribution in [1.82, 2.24) is 10.2 Å². The molecule has 25 heavy (non-hydrogen) atoms. The minimum Gasteiger partial charge on any atom is -0.479 e. The van der Waals surface area contributed by atoms with Crippen LogP contribution in [0.3, 0.4) is 0 Å². The number of benzene rings is 1. The van der Waals surface area contributed by atoms with E-state index in [-0.39, 0.29) is 35.9 Å². The SMILES string of the molecule is O=C(O)COC(=S)CN1C(=O)[C@H](NC(=O)Cc2ccccc2)[C@@H]1CBr. The number of carboxylic acids is 1. The number of hydrogen-bond acceptors (Lipinski definition) is 5. The molecule has 9 heteroatoms. The highest BCUT2D eigenvalue weighted by atomic mass is 79.9. The average Bonchev–Trinajstić information content (AvgIpc) is 2.59. The van der Waals surface area contributed by atoms with Crippen molar-refractivity contribution in [2.75, 3.05) is 18.5 Å². The summed E-state index contributed by atoms with van der Waals surface area (Å²) >= 11 is 8.25. The zero-order valence-corrected chi connectivity index (χ0v) is 15.6. The van der Waals surface area contributed by atoms with Gasteiger partial charge in [0.15, 0.2) is 11.7 Å². The lowest BCUT2D eigenvalue weighted by Crippen LogP contribution is -2.72. The maximum Gasteiger partial charge on any atom is 0.341 e. The van der Waals surface area contributed by atoms with Crippen molar-refractivity contribution in [3.63, 3.8) is 0 Å². The summed E-state index contributed by atoms with van der Waals surface area (Å²) in [7, 11) is 0. The van der Waals surface area contributed by atoms with E-state index in [0.29, 0.717) is 5.33 Å². The van der Waals surface area contributed by atoms with Gasteiger partial charge in [-0.1, -0.05) is 46.3 Å². The molecule has 2 N–H and O–H groups in total. The Morgan fingerprint density at radius 1 is 1.32 bits per heavy atom. The van der Waals surface area contributed by atoms with Crippen molar-refractivity contribution in [3.05, 3.63) is 35.9 Å². The van der Waals surface area contributed by atoms with Crippen molar-refractivity contribution in [2.45, 2.75) is 18.5 Å². The number of likely N-dealkylation sites (tertiary alicyclic amines) is 1. The van der Waals surface area contributed by atoms with E-state index in [1.165, 1.54) is 4.90 Å². The van der Waals surface area contributed by atoms with Crippen LogP contribution in [0.5, 0.6) is 0 Å². The van der Waals surface area contributed by atoms with Gasteiger partial charge in [0.1, 0.15) is 6.04 Å². The third kappa shape index (κ3) is 5.23. The first-order valence-electron chi connectivity index (χ1n) is 7.49. The van der Waals surface area contributed by atoms with Gasteiger partial charge in [-0.05, 0) is 17.8 Å². The van der Waals surface area contributed by atoms with Crippen LogP contribution < -0.4 is 5.32 Å². The number of alkyl halides is 1. The van der Waals surface area contributed by atoms with E-state index >= 15 is 0 Å². The second-order valence-corrected chi connectivity index (χ2v) is 6.55. The number of hydrogen-bond donors (Lipinski definition) is 2. The van der Waals surface area contributed by atoms with E-state index in [4.69, 9.17) is 22.1 Å². The predicted octanol–water partition coefficient (Wildman–Crippen LogP) is 0.748. The maximum absolute atomic E-state index is 12.3. The molecule has 2 amide bonds. The molecule has 1 aromatic carbocycles. The summed E-state index contributed by atoms with van der Waals surface area (Å²) in [5.41, 5.74) is 0.863. The molecule has 1 heterocycles. The van der Waals surface area contributed by atoms with Crippen molar-refractivity contribution in [3.8, 4) is 0 Å². The van der Waals surface area contributed by atoms with E-state index in [9.17, 15) is 14.4 Å². The van der Waals surface area contributed by atoms with E-state index in [1.54, 1.807) is 0 Å². The highest BCUT2D eigenvalue weighted by Gasteiger charge is 2.47. The van der Waals surface area contributed by atoms with Crippen LogP contribution in [0.25, 0.3) is 0 Å². The van der Waals surface area contributed by atoms with Crippen LogP contribution in [0.4, 0.5) is 0 Å². The number of halogens is 1. The molecular formula is C16H17BrN2O5S. The molecule has 1 aliphatic rings. The fourth-order valence-electron chi connectivity index (χ4n) is 2.46. The van der Waals surface area contributed by atoms with Crippen molar-refractivity contribution in [1.29, 1.82) is 0 Å². The van der Waals surface area contributed by atoms with Gasteiger partial charge in [0.05, 0.1) is 19.0 Å². The van der Waals surface area contributed by atoms with Crippen LogP contribution in [0.2, 0.25) is 0 Å². The first kappa shape index (κ1) is 19.3. The number of nitrogens with zero attached hydrogens (tertiary/aromatic N) is 1. The number of aliphatic carboxylic acids is 1. The Morgan fingerprint density at radius 2 is 2.00 bits per heavy atom. The number of thiocarbonyl (C=S) groups is 1. The standard InChI is InChI=1S/C16H17BrN2O5S/c17-7-11-15(18-12(20)6-10-4-2-1-3-5-10)16(23)19(11)8-14(25)24-9-13(21)22/h1-5,11,15H,6-9H2,(H,18,20)(H,21,22)/t11-,15+/m0/s1. The van der Waals surface area contributed by atoms with Gasteiger partial charge in [-0.15, -0.1) is 0 Å². The van der Waals surface area contributed by atoms with E-state index < -0.39 is 18.6 Å². The summed E-state index contributed by atoms with van der Waals surface area (Å²) in [4.78, 5) is 36.3. The summed E-state index contributed by atoms with van der Waals surface area (Å²) < 4.78 is 4.88. The van der Waals surface area contributed by atoms with E-state index in [0.717, 1.165) is 5.56 Å². The minimum atomic E-state index is -1.14. The molecule has 1 aromatic rings. The lowest BCUT2D eigenvalue weighted by Gasteiger charge is -2.46. The van der Waals surface area contributed by atoms with Gasteiger partial charge in [0, 0.05) is 5.33 Å². The maximum atomic E-state index is 12.3. The van der Waals surface area contributed by atoms with E-state index in [1.807, 2.05) is 30.3 Å². The summed E-state index contributed by atoms with van der Waals surface area (Å²) in [5, 5.41) is 11.8. The number of carbonyl (C=O) groups excluding carboxylic acids is 2. The van der Waals surface area contributed by atoms with E-state index in [2.05, 4.69) is 21.2 Å². The molecule has 0 bridgehead atoms. The second kappa shape index (κ2) is 8.91. The Balaban J connectivity index is 1.86. The topological polar surface area (TPSA) is 95.9 Å². The lowest BCUT2D eigenvalue weighted by molar-refractivity contribution is -0.151. The first-order chi connectivity index (χ1) is 11.9. The molecule has 2 rings (SSSR count). The third-order valence-electron chi connectivity index (χ3n) is 3.67. The first-order valence-corrected chi connectivity index (χ1v) is 9.02. The number of ether oxygens (including phenoxy) is 1. The largest absolute Gasteiger partial charge is 0.479 e. The monoisotopic (exact) mass is 428 g/mol. The van der Waals surface area contributed by atoms with Crippen LogP contribution in [-0.4, -0.2) is 63.4 Å². The molecule has 1 aliphatic heterocycles. The van der Waals surface area contributed by atoms with Crippen LogP contribution in [0.1, 0.15) is 5.56 Å². The van der Waals surface area contributed by atoms with Crippen molar-refractivity contribution >= 4 is 51.0 Å². The normalized spacial score (nSPS) is 19.1. The number of carboxylic acid groups (broad SMARTS) is 1. The second-order valence-electron chi connectivity index (χ2n) is 5.45. The molecule has 1 fully saturated rings. The Bertz CT molecular complexity index is 670. The van der Waals surface area contributed by atoms with Gasteiger partial charge in [-0.3, -0.25) is 9.59 Å². The van der Waals surface area contributed by atoms with Gasteiger partial charge < -0.3 is 20.1 Å². The summed E-state index contributed by atoms with van der Waals surface area (Å²) in [6, 6.07) is 8.35. The van der Waals surface area contributed by atoms with Crippen LogP contribution in [0.15, 0.2) is 30.3 Å². The molecule has 0 aromatic heterocycles. The Labute approximate surface area is 158 Å². The van der Waals surface area contributed by atoms with Crippen LogP contribution >= 0.6 is 28.1 Å². The molecule has 0 saturated carbocycles. The fourth-order valence-corrected chi connectivity index (χ4v) is 3.38. The number of rotatable bonds is 8. The number of β-lactam (4-membered cyclic amide) rings is 1. The fraction of sp³-hybridized carbons (Fsp3) is 0.375. The molecule has 134 valence electrons. The van der Waals surface area contributed by atoms with Gasteiger partial charge >= 0.3 is 5.97 Å². The number of nitrogens with one attached hydrogen (secondary N) is 1. The Kier molecular flexibility index (Phi) is 6.89. The summed E-state index contributed by atoms with van der Waals surface area (Å²) in [5.74, 6) is -1.65. The lowest BCUT2D eigenvalue weighted by atomic mass is 9.96. The molecule has 7 nitrogen and oxygen atoms in total. The number of amides is 2. The molecule has 1 saturated heterocycles. The molecule has 0 radical (unpaired) electrons. The van der Waals surface area contributed by atoms with Crippen molar-refractivity contribution in [2.24, 2.45) is 0 Å². The van der Waals surface area contributed by atoms with Crippen LogP contribution in [-0.2, 0) is 25.5 Å². The average molecular weight is 429 g/mol. The van der Waals surface area contributed by atoms with Gasteiger partial charge in [-0.2, -0.15) is 0 Å². The highest BCUT2D eigenvalue weighted by Crippen LogP contribution is 2.22. The minimum absolute atomic E-state index is 0.0166. The smallest absolute Gasteiger partial charge is 0.341 e. The molecule has 0 unspecified atom stereocenters. The zero-order chi connectivity index (χ0) is 18.4. The highest BCUT2D eigenvalue weighted by molar-refractivity contribution is 9.09. The summed E-state index contributed by atoms with van der Waals surface area (Å²) in [6.45, 7) is -0.528. The van der Waals surface area contributed by atoms with Gasteiger partial charge in [-0.25, -0.2) is 4.79 Å². The van der Waals surface area contributed by atoms with Gasteiger partial charge in [0.2, 0.25) is 11.8 Å². The quantitative estimate of drug-likeness (QED) is 0.360. The summed E-state index contributed by atoms with van der Waals surface area (Å²) in [6.07, 6.45) is 0.194. The Hall–Kier alpha value is -2.00. The van der Waals surface area contributed by atoms with Crippen LogP contribution in [0, 0.1) is 0 Å². The van der Waals surface area contributed by atoms with Crippen molar-refractivity contribution < 1.29 is 24.2 Å². The predicted molar refractivity (Wildman–Crippen MR) is 97.6 cm³/mol. The number of carbonyl (C=O) groups is 3. The zero-order valence-electron chi connectivity index (χ0n) is 13.2. The molecule has 0 aliphatic carbocycles. The third-order valence-corrected chi connectivity index (χ3v) is 4.58. The Morgan fingerprint density at radius 3 is 2.60 bits per heavy atom. The molecule has 0 spiro atoms. The van der Waals surface area contributed by atoms with Gasteiger partial charge in [0.25, 0.3) is 0 Å².